The fourth-order valence-electron chi connectivity index (χ4n) is 2.96. The van der Waals surface area contributed by atoms with E-state index in [1.807, 2.05) is 11.3 Å². The van der Waals surface area contributed by atoms with E-state index in [4.69, 9.17) is 0 Å². The summed E-state index contributed by atoms with van der Waals surface area (Å²) in [6.45, 7) is 9.17. The lowest BCUT2D eigenvalue weighted by Gasteiger charge is -2.41. The number of hydrogen-bond acceptors (Lipinski definition) is 3. The molecule has 1 aromatic heterocycles. The number of rotatable bonds is 2. The number of nitrogens with zero attached hydrogens (tertiary/aromatic N) is 1. The van der Waals surface area contributed by atoms with Gasteiger partial charge in [0, 0.05) is 40.8 Å². The van der Waals surface area contributed by atoms with Crippen molar-refractivity contribution < 1.29 is 0 Å². The van der Waals surface area contributed by atoms with Gasteiger partial charge < -0.3 is 5.32 Å². The Kier molecular flexibility index (Phi) is 3.61. The van der Waals surface area contributed by atoms with Crippen LogP contribution >= 0.6 is 11.3 Å². The fraction of sp³-hybridized carbons (Fsp3) is 0.500. The van der Waals surface area contributed by atoms with Crippen LogP contribution in [0.1, 0.15) is 31.7 Å². The number of nitrogens with one attached hydrogen (secondary N) is 1. The molecule has 0 saturated carbocycles. The van der Waals surface area contributed by atoms with Gasteiger partial charge in [-0.15, -0.1) is 11.3 Å². The van der Waals surface area contributed by atoms with Crippen molar-refractivity contribution >= 4 is 21.4 Å². The number of thiophene rings is 1. The molecule has 3 rings (SSSR count). The van der Waals surface area contributed by atoms with Gasteiger partial charge in [0.1, 0.15) is 0 Å². The summed E-state index contributed by atoms with van der Waals surface area (Å²) in [6.07, 6.45) is 0. The highest BCUT2D eigenvalue weighted by molar-refractivity contribution is 7.19. The van der Waals surface area contributed by atoms with Crippen molar-refractivity contribution in [1.29, 1.82) is 0 Å². The smallest absolute Gasteiger partial charge is 0.0417 e. The maximum Gasteiger partial charge on any atom is 0.0417 e. The van der Waals surface area contributed by atoms with Crippen molar-refractivity contribution in [3.05, 3.63) is 35.2 Å². The lowest BCUT2D eigenvalue weighted by molar-refractivity contribution is 0.105. The lowest BCUT2D eigenvalue weighted by atomic mass is 10.1. The molecule has 102 valence electrons. The Morgan fingerprint density at radius 2 is 2.11 bits per heavy atom. The molecule has 0 amide bonds. The van der Waals surface area contributed by atoms with Crippen molar-refractivity contribution in [2.24, 2.45) is 0 Å². The second kappa shape index (κ2) is 5.23. The standard InChI is InChI=1S/C16H22N2S/c1-11-10-18(12(2)9-17-11)13(3)16-8-14-6-4-5-7-15(14)19-16/h4-8,11-13,17H,9-10H2,1-3H3. The molecule has 3 atom stereocenters. The second-order valence-corrected chi connectivity index (χ2v) is 6.83. The van der Waals surface area contributed by atoms with Crippen LogP contribution in [0.3, 0.4) is 0 Å². The van der Waals surface area contributed by atoms with Crippen LogP contribution < -0.4 is 5.32 Å². The molecule has 0 bridgehead atoms. The minimum Gasteiger partial charge on any atom is -0.311 e. The van der Waals surface area contributed by atoms with Crippen LogP contribution in [0.2, 0.25) is 0 Å². The van der Waals surface area contributed by atoms with Crippen molar-refractivity contribution in [2.75, 3.05) is 13.1 Å². The first-order valence-corrected chi connectivity index (χ1v) is 7.94. The van der Waals surface area contributed by atoms with Gasteiger partial charge in [0.05, 0.1) is 0 Å². The van der Waals surface area contributed by atoms with E-state index in [2.05, 4.69) is 61.3 Å². The van der Waals surface area contributed by atoms with Crippen LogP contribution in [0, 0.1) is 0 Å². The summed E-state index contributed by atoms with van der Waals surface area (Å²) in [7, 11) is 0. The minimum absolute atomic E-state index is 0.511. The number of hydrogen-bond donors (Lipinski definition) is 1. The van der Waals surface area contributed by atoms with E-state index >= 15 is 0 Å². The zero-order chi connectivity index (χ0) is 13.4. The van der Waals surface area contributed by atoms with E-state index < -0.39 is 0 Å². The number of piperazine rings is 1. The molecule has 1 aromatic carbocycles. The first-order chi connectivity index (χ1) is 9.15. The molecule has 3 unspecified atom stereocenters. The Morgan fingerprint density at radius 1 is 1.32 bits per heavy atom. The second-order valence-electron chi connectivity index (χ2n) is 5.72. The topological polar surface area (TPSA) is 15.3 Å². The predicted octanol–water partition coefficient (Wildman–Crippen LogP) is 3.64. The Bertz CT molecular complexity index is 530. The van der Waals surface area contributed by atoms with Crippen molar-refractivity contribution in [2.45, 2.75) is 38.9 Å². The summed E-state index contributed by atoms with van der Waals surface area (Å²) in [5.41, 5.74) is 0. The first kappa shape index (κ1) is 13.1. The molecule has 2 heterocycles. The highest BCUT2D eigenvalue weighted by Crippen LogP contribution is 2.33. The maximum atomic E-state index is 3.56. The molecule has 1 saturated heterocycles. The third-order valence-corrected chi connectivity index (χ3v) is 5.45. The van der Waals surface area contributed by atoms with E-state index in [9.17, 15) is 0 Å². The van der Waals surface area contributed by atoms with Crippen molar-refractivity contribution in [1.82, 2.24) is 10.2 Å². The normalized spacial score (nSPS) is 26.7. The van der Waals surface area contributed by atoms with Crippen LogP contribution in [0.15, 0.2) is 30.3 Å². The molecule has 2 nitrogen and oxygen atoms in total. The molecule has 1 fully saturated rings. The maximum absolute atomic E-state index is 3.56. The molecular formula is C16H22N2S. The van der Waals surface area contributed by atoms with E-state index in [1.54, 1.807) is 0 Å². The fourth-order valence-corrected chi connectivity index (χ4v) is 4.10. The SMILES string of the molecule is CC1CN(C(C)c2cc3ccccc3s2)C(C)CN1. The van der Waals surface area contributed by atoms with Gasteiger partial charge in [0.25, 0.3) is 0 Å². The van der Waals surface area contributed by atoms with Crippen LogP contribution in [0.4, 0.5) is 0 Å². The highest BCUT2D eigenvalue weighted by Gasteiger charge is 2.27. The average Bonchev–Trinajstić information content (AvgIpc) is 2.84. The van der Waals surface area contributed by atoms with E-state index in [-0.39, 0.29) is 0 Å². The Labute approximate surface area is 119 Å². The monoisotopic (exact) mass is 274 g/mol. The van der Waals surface area contributed by atoms with Crippen LogP contribution in [0.5, 0.6) is 0 Å². The van der Waals surface area contributed by atoms with Gasteiger partial charge in [-0.3, -0.25) is 4.90 Å². The predicted molar refractivity (Wildman–Crippen MR) is 83.9 cm³/mol. The first-order valence-electron chi connectivity index (χ1n) is 7.13. The van der Waals surface area contributed by atoms with Gasteiger partial charge in [-0.2, -0.15) is 0 Å². The Hall–Kier alpha value is -0.900. The zero-order valence-corrected chi connectivity index (χ0v) is 12.7. The Balaban J connectivity index is 1.87. The van der Waals surface area contributed by atoms with E-state index in [0.717, 1.165) is 13.1 Å². The molecular weight excluding hydrogens is 252 g/mol. The average molecular weight is 274 g/mol. The van der Waals surface area contributed by atoms with Crippen LogP contribution in [0.25, 0.3) is 10.1 Å². The van der Waals surface area contributed by atoms with Gasteiger partial charge >= 0.3 is 0 Å². The molecule has 0 spiro atoms. The lowest BCUT2D eigenvalue weighted by Crippen LogP contribution is -2.54. The Morgan fingerprint density at radius 3 is 2.89 bits per heavy atom. The molecule has 3 heteroatoms. The van der Waals surface area contributed by atoms with Gasteiger partial charge in [-0.05, 0) is 38.3 Å². The summed E-state index contributed by atoms with van der Waals surface area (Å²) in [4.78, 5) is 4.12. The van der Waals surface area contributed by atoms with Gasteiger partial charge in [-0.1, -0.05) is 18.2 Å². The van der Waals surface area contributed by atoms with Crippen LogP contribution in [-0.2, 0) is 0 Å². The largest absolute Gasteiger partial charge is 0.311 e. The van der Waals surface area contributed by atoms with Crippen molar-refractivity contribution in [3.8, 4) is 0 Å². The summed E-state index contributed by atoms with van der Waals surface area (Å²) in [6, 6.07) is 12.8. The molecule has 19 heavy (non-hydrogen) atoms. The summed E-state index contributed by atoms with van der Waals surface area (Å²) in [5, 5.41) is 4.94. The molecule has 1 aliphatic rings. The number of benzene rings is 1. The third-order valence-electron chi connectivity index (χ3n) is 4.17. The quantitative estimate of drug-likeness (QED) is 0.899. The molecule has 1 aliphatic heterocycles. The van der Waals surface area contributed by atoms with Crippen molar-refractivity contribution in [3.63, 3.8) is 0 Å². The summed E-state index contributed by atoms with van der Waals surface area (Å²) < 4.78 is 1.40. The third kappa shape index (κ3) is 2.55. The highest BCUT2D eigenvalue weighted by atomic mass is 32.1. The van der Waals surface area contributed by atoms with E-state index in [1.165, 1.54) is 15.0 Å². The van der Waals surface area contributed by atoms with Gasteiger partial charge in [0.2, 0.25) is 0 Å². The summed E-state index contributed by atoms with van der Waals surface area (Å²) >= 11 is 1.94. The molecule has 0 aliphatic carbocycles. The molecule has 1 N–H and O–H groups in total. The number of fused-ring (bicyclic) bond motifs is 1. The van der Waals surface area contributed by atoms with Crippen LogP contribution in [-0.4, -0.2) is 30.1 Å². The zero-order valence-electron chi connectivity index (χ0n) is 11.9. The van der Waals surface area contributed by atoms with Gasteiger partial charge in [0.15, 0.2) is 0 Å². The summed E-state index contributed by atoms with van der Waals surface area (Å²) in [5.74, 6) is 0. The minimum atomic E-state index is 0.511. The molecule has 0 radical (unpaired) electrons. The van der Waals surface area contributed by atoms with Gasteiger partial charge in [-0.25, -0.2) is 0 Å². The van der Waals surface area contributed by atoms with E-state index in [0.29, 0.717) is 18.1 Å². The molecule has 2 aromatic rings.